The summed E-state index contributed by atoms with van der Waals surface area (Å²) < 4.78 is 18.5. The Morgan fingerprint density at radius 1 is 0.652 bits per heavy atom. The molecule has 1 atom stereocenters. The van der Waals surface area contributed by atoms with Crippen molar-refractivity contribution in [3.05, 3.63) is 166 Å². The van der Waals surface area contributed by atoms with Crippen LogP contribution in [0.5, 0.6) is 23.0 Å². The average Bonchev–Trinajstić information content (AvgIpc) is 3.10. The van der Waals surface area contributed by atoms with Crippen LogP contribution in [0.1, 0.15) is 28.3 Å². The molecule has 0 radical (unpaired) electrons. The molecule has 0 aliphatic rings. The van der Waals surface area contributed by atoms with Crippen LogP contribution in [0.4, 0.5) is 0 Å². The molecule has 4 nitrogen and oxygen atoms in total. The van der Waals surface area contributed by atoms with Crippen LogP contribution in [-0.2, 0) is 13.1 Å². The van der Waals surface area contributed by atoms with Crippen LogP contribution in [0.25, 0.3) is 10.8 Å². The Morgan fingerprint density at radius 2 is 1.30 bits per heavy atom. The van der Waals surface area contributed by atoms with Crippen LogP contribution < -0.4 is 14.2 Å². The predicted molar refractivity (Wildman–Crippen MR) is 189 cm³/mol. The van der Waals surface area contributed by atoms with E-state index in [9.17, 15) is 0 Å². The zero-order valence-corrected chi connectivity index (χ0v) is 27.4. The monoisotopic (exact) mass is 667 g/mol. The molecule has 46 heavy (non-hydrogen) atoms. The second-order valence-corrected chi connectivity index (χ2v) is 11.7. The Hall–Kier alpha value is -5.02. The van der Waals surface area contributed by atoms with Crippen molar-refractivity contribution in [2.45, 2.75) is 19.1 Å². The first-order valence-corrected chi connectivity index (χ1v) is 15.9. The summed E-state index contributed by atoms with van der Waals surface area (Å²) in [4.78, 5) is 2.41. The fourth-order valence-electron chi connectivity index (χ4n) is 5.57. The number of para-hydroxylation sites is 2. The summed E-state index contributed by atoms with van der Waals surface area (Å²) in [6, 6.07) is 47.0. The molecular formula is C41H34BrNO3. The molecule has 0 aromatic heterocycles. The predicted octanol–water partition coefficient (Wildman–Crippen LogP) is 10.2. The van der Waals surface area contributed by atoms with Crippen molar-refractivity contribution in [2.24, 2.45) is 0 Å². The summed E-state index contributed by atoms with van der Waals surface area (Å²) in [5.74, 6) is 10.1. The van der Waals surface area contributed by atoms with Crippen molar-refractivity contribution in [3.8, 4) is 34.8 Å². The molecule has 6 aromatic carbocycles. The largest absolute Gasteiger partial charge is 0.493 e. The molecule has 6 aromatic rings. The van der Waals surface area contributed by atoms with Crippen LogP contribution in [0.3, 0.4) is 0 Å². The highest BCUT2D eigenvalue weighted by Gasteiger charge is 2.23. The topological polar surface area (TPSA) is 30.9 Å². The van der Waals surface area contributed by atoms with E-state index in [1.165, 1.54) is 16.3 Å². The third-order valence-electron chi connectivity index (χ3n) is 7.84. The van der Waals surface area contributed by atoms with Gasteiger partial charge in [-0.25, -0.2) is 0 Å². The number of methoxy groups -OCH3 is 2. The van der Waals surface area contributed by atoms with Crippen LogP contribution in [0.15, 0.2) is 144 Å². The van der Waals surface area contributed by atoms with Gasteiger partial charge in [-0.15, -0.1) is 0 Å². The summed E-state index contributed by atoms with van der Waals surface area (Å²) >= 11 is 3.81. The van der Waals surface area contributed by atoms with E-state index in [0.717, 1.165) is 32.7 Å². The molecule has 1 unspecified atom stereocenters. The highest BCUT2D eigenvalue weighted by Crippen LogP contribution is 2.37. The molecule has 0 spiro atoms. The molecule has 0 heterocycles. The van der Waals surface area contributed by atoms with E-state index in [4.69, 9.17) is 14.2 Å². The SMILES string of the molecule is COc1cc(Br)c(CN(Cc2ccccc2)C(C#Cc2ccccc2Oc2ccccc2)c2cccc3ccccc23)cc1OC. The number of rotatable bonds is 10. The zero-order valence-electron chi connectivity index (χ0n) is 25.8. The highest BCUT2D eigenvalue weighted by atomic mass is 79.9. The number of hydrogen-bond acceptors (Lipinski definition) is 4. The lowest BCUT2D eigenvalue weighted by Crippen LogP contribution is -2.28. The number of fused-ring (bicyclic) bond motifs is 1. The smallest absolute Gasteiger partial charge is 0.161 e. The summed E-state index contributed by atoms with van der Waals surface area (Å²) in [6.07, 6.45) is 0. The Bertz CT molecular complexity index is 1980. The van der Waals surface area contributed by atoms with Gasteiger partial charge in [0.1, 0.15) is 11.5 Å². The van der Waals surface area contributed by atoms with Crippen molar-refractivity contribution in [1.82, 2.24) is 4.90 Å². The van der Waals surface area contributed by atoms with E-state index in [2.05, 4.69) is 99.4 Å². The summed E-state index contributed by atoms with van der Waals surface area (Å²) in [5.41, 5.74) is 4.22. The molecule has 0 aliphatic heterocycles. The number of ether oxygens (including phenoxy) is 3. The quantitative estimate of drug-likeness (QED) is 0.136. The standard InChI is InChI=1S/C41H34BrNO3/c1-44-40-26-33(37(42)27-41(40)45-2)29-43(28-30-14-5-3-6-15-30)38(36-22-13-18-31-16-9-11-21-35(31)36)25-24-32-17-10-12-23-39(32)46-34-19-7-4-8-20-34/h3-23,26-27,38H,28-29H2,1-2H3. The van der Waals surface area contributed by atoms with Gasteiger partial charge in [0.2, 0.25) is 0 Å². The molecule has 0 amide bonds. The molecule has 0 bridgehead atoms. The normalized spacial score (nSPS) is 11.5. The first-order chi connectivity index (χ1) is 22.6. The van der Waals surface area contributed by atoms with Gasteiger partial charge in [-0.2, -0.15) is 0 Å². The Balaban J connectivity index is 1.49. The first-order valence-electron chi connectivity index (χ1n) is 15.1. The molecule has 0 saturated carbocycles. The summed E-state index contributed by atoms with van der Waals surface area (Å²) in [7, 11) is 3.31. The average molecular weight is 669 g/mol. The second kappa shape index (κ2) is 14.8. The van der Waals surface area contributed by atoms with E-state index >= 15 is 0 Å². The van der Waals surface area contributed by atoms with Gasteiger partial charge in [-0.1, -0.05) is 131 Å². The Kier molecular flexibility index (Phi) is 10.00. The number of nitrogens with zero attached hydrogens (tertiary/aromatic N) is 1. The van der Waals surface area contributed by atoms with Gasteiger partial charge in [0.25, 0.3) is 0 Å². The lowest BCUT2D eigenvalue weighted by atomic mass is 9.96. The molecule has 6 rings (SSSR count). The molecule has 0 N–H and O–H groups in total. The molecule has 0 aliphatic carbocycles. The summed E-state index contributed by atoms with van der Waals surface area (Å²) in [6.45, 7) is 1.27. The van der Waals surface area contributed by atoms with Crippen LogP contribution in [-0.4, -0.2) is 19.1 Å². The molecular weight excluding hydrogens is 634 g/mol. The minimum atomic E-state index is -0.268. The van der Waals surface area contributed by atoms with Gasteiger partial charge >= 0.3 is 0 Å². The maximum atomic E-state index is 6.28. The lowest BCUT2D eigenvalue weighted by molar-refractivity contribution is 0.219. The van der Waals surface area contributed by atoms with Gasteiger partial charge < -0.3 is 14.2 Å². The number of halogens is 1. The minimum absolute atomic E-state index is 0.268. The van der Waals surface area contributed by atoms with Crippen molar-refractivity contribution >= 4 is 26.7 Å². The fourth-order valence-corrected chi connectivity index (χ4v) is 6.02. The number of hydrogen-bond donors (Lipinski definition) is 0. The van der Waals surface area contributed by atoms with Crippen LogP contribution in [0.2, 0.25) is 0 Å². The van der Waals surface area contributed by atoms with E-state index < -0.39 is 0 Å². The maximum Gasteiger partial charge on any atom is 0.161 e. The first kappa shape index (κ1) is 31.0. The number of benzene rings is 6. The second-order valence-electron chi connectivity index (χ2n) is 10.8. The van der Waals surface area contributed by atoms with Gasteiger partial charge in [0.05, 0.1) is 25.8 Å². The highest BCUT2D eigenvalue weighted by molar-refractivity contribution is 9.10. The van der Waals surface area contributed by atoms with Gasteiger partial charge in [-0.3, -0.25) is 4.90 Å². The van der Waals surface area contributed by atoms with E-state index in [1.54, 1.807) is 14.2 Å². The van der Waals surface area contributed by atoms with Gasteiger partial charge in [0.15, 0.2) is 11.5 Å². The van der Waals surface area contributed by atoms with Crippen LogP contribution in [0, 0.1) is 11.8 Å². The third kappa shape index (κ3) is 7.26. The van der Waals surface area contributed by atoms with Gasteiger partial charge in [0, 0.05) is 17.6 Å². The molecule has 228 valence electrons. The fraction of sp³-hybridized carbons (Fsp3) is 0.122. The van der Waals surface area contributed by atoms with Crippen molar-refractivity contribution in [2.75, 3.05) is 14.2 Å². The molecule has 0 saturated heterocycles. The molecule has 5 heteroatoms. The van der Waals surface area contributed by atoms with E-state index in [1.807, 2.05) is 72.8 Å². The van der Waals surface area contributed by atoms with Crippen molar-refractivity contribution < 1.29 is 14.2 Å². The van der Waals surface area contributed by atoms with Crippen LogP contribution >= 0.6 is 15.9 Å². The van der Waals surface area contributed by atoms with Crippen molar-refractivity contribution in [1.29, 1.82) is 0 Å². The van der Waals surface area contributed by atoms with E-state index in [-0.39, 0.29) is 6.04 Å². The van der Waals surface area contributed by atoms with Crippen molar-refractivity contribution in [3.63, 3.8) is 0 Å². The Morgan fingerprint density at radius 3 is 2.09 bits per heavy atom. The zero-order chi connectivity index (χ0) is 31.7. The third-order valence-corrected chi connectivity index (χ3v) is 8.58. The van der Waals surface area contributed by atoms with E-state index in [0.29, 0.717) is 24.6 Å². The molecule has 0 fully saturated rings. The minimum Gasteiger partial charge on any atom is -0.493 e. The Labute approximate surface area is 279 Å². The maximum absolute atomic E-state index is 6.28. The lowest BCUT2D eigenvalue weighted by Gasteiger charge is -2.30. The van der Waals surface area contributed by atoms with Gasteiger partial charge in [-0.05, 0) is 63.9 Å². The summed E-state index contributed by atoms with van der Waals surface area (Å²) in [5, 5.41) is 2.34.